The SMILES string of the molecule is CN1Cc2ccccc2C(NC(=O)Nc2cccc(C3CNC(=O)C3)c2)C1. The van der Waals surface area contributed by atoms with E-state index in [1.807, 2.05) is 36.4 Å². The van der Waals surface area contributed by atoms with Crippen LogP contribution in [0.25, 0.3) is 0 Å². The van der Waals surface area contributed by atoms with Gasteiger partial charge < -0.3 is 16.0 Å². The second-order valence-electron chi connectivity index (χ2n) is 7.38. The summed E-state index contributed by atoms with van der Waals surface area (Å²) >= 11 is 0. The van der Waals surface area contributed by atoms with Gasteiger partial charge in [0.1, 0.15) is 0 Å². The molecule has 0 radical (unpaired) electrons. The second-order valence-corrected chi connectivity index (χ2v) is 7.38. The molecule has 2 aromatic rings. The summed E-state index contributed by atoms with van der Waals surface area (Å²) in [6, 6.07) is 15.7. The first kappa shape index (κ1) is 17.5. The molecule has 1 fully saturated rings. The molecule has 0 bridgehead atoms. The lowest BCUT2D eigenvalue weighted by Gasteiger charge is -2.32. The van der Waals surface area contributed by atoms with Crippen molar-refractivity contribution in [2.45, 2.75) is 24.9 Å². The third-order valence-corrected chi connectivity index (χ3v) is 5.26. The number of carbonyl (C=O) groups is 2. The van der Waals surface area contributed by atoms with Gasteiger partial charge in [0, 0.05) is 37.7 Å². The van der Waals surface area contributed by atoms with E-state index in [-0.39, 0.29) is 23.9 Å². The monoisotopic (exact) mass is 364 g/mol. The number of amides is 3. The van der Waals surface area contributed by atoms with Gasteiger partial charge in [0.25, 0.3) is 0 Å². The maximum Gasteiger partial charge on any atom is 0.319 e. The average Bonchev–Trinajstić information content (AvgIpc) is 3.08. The second kappa shape index (κ2) is 7.40. The molecule has 2 aliphatic heterocycles. The van der Waals surface area contributed by atoms with Crippen LogP contribution in [0.15, 0.2) is 48.5 Å². The maximum atomic E-state index is 12.6. The fourth-order valence-electron chi connectivity index (χ4n) is 3.94. The van der Waals surface area contributed by atoms with Crippen molar-refractivity contribution in [3.63, 3.8) is 0 Å². The number of hydrogen-bond acceptors (Lipinski definition) is 3. The molecule has 6 nitrogen and oxygen atoms in total. The van der Waals surface area contributed by atoms with Crippen molar-refractivity contribution in [3.05, 3.63) is 65.2 Å². The van der Waals surface area contributed by atoms with E-state index in [0.29, 0.717) is 13.0 Å². The molecule has 0 spiro atoms. The van der Waals surface area contributed by atoms with Gasteiger partial charge in [-0.05, 0) is 35.9 Å². The van der Waals surface area contributed by atoms with Gasteiger partial charge in [0.15, 0.2) is 0 Å². The van der Waals surface area contributed by atoms with Crippen LogP contribution < -0.4 is 16.0 Å². The van der Waals surface area contributed by atoms with Gasteiger partial charge in [-0.15, -0.1) is 0 Å². The zero-order valence-corrected chi connectivity index (χ0v) is 15.4. The van der Waals surface area contributed by atoms with E-state index in [4.69, 9.17) is 0 Å². The summed E-state index contributed by atoms with van der Waals surface area (Å²) in [5.74, 6) is 0.248. The summed E-state index contributed by atoms with van der Waals surface area (Å²) in [6.07, 6.45) is 0.501. The third-order valence-electron chi connectivity index (χ3n) is 5.26. The first-order chi connectivity index (χ1) is 13.1. The van der Waals surface area contributed by atoms with Crippen LogP contribution in [0.2, 0.25) is 0 Å². The minimum atomic E-state index is -0.220. The van der Waals surface area contributed by atoms with E-state index in [1.54, 1.807) is 0 Å². The Bertz CT molecular complexity index is 867. The number of fused-ring (bicyclic) bond motifs is 1. The van der Waals surface area contributed by atoms with Crippen LogP contribution in [0.5, 0.6) is 0 Å². The quantitative estimate of drug-likeness (QED) is 0.784. The van der Waals surface area contributed by atoms with Gasteiger partial charge in [-0.1, -0.05) is 36.4 Å². The summed E-state index contributed by atoms with van der Waals surface area (Å²) in [5, 5.41) is 8.88. The van der Waals surface area contributed by atoms with Crippen molar-refractivity contribution in [3.8, 4) is 0 Å². The van der Waals surface area contributed by atoms with E-state index in [9.17, 15) is 9.59 Å². The lowest BCUT2D eigenvalue weighted by molar-refractivity contribution is -0.119. The summed E-state index contributed by atoms with van der Waals surface area (Å²) in [5.41, 5.74) is 4.22. The minimum absolute atomic E-state index is 0.0419. The molecular formula is C21H24N4O2. The number of nitrogens with one attached hydrogen (secondary N) is 3. The number of carbonyl (C=O) groups excluding carboxylic acids is 2. The number of likely N-dealkylation sites (N-methyl/N-ethyl adjacent to an activating group) is 1. The fourth-order valence-corrected chi connectivity index (χ4v) is 3.94. The summed E-state index contributed by atoms with van der Waals surface area (Å²) in [4.78, 5) is 26.2. The van der Waals surface area contributed by atoms with Gasteiger partial charge in [0.2, 0.25) is 5.91 Å². The van der Waals surface area contributed by atoms with E-state index < -0.39 is 0 Å². The molecule has 2 atom stereocenters. The Morgan fingerprint density at radius 3 is 2.85 bits per heavy atom. The van der Waals surface area contributed by atoms with Crippen molar-refractivity contribution < 1.29 is 9.59 Å². The normalized spacial score (nSPS) is 22.0. The molecule has 3 N–H and O–H groups in total. The van der Waals surface area contributed by atoms with Crippen molar-refractivity contribution in [2.75, 3.05) is 25.5 Å². The van der Waals surface area contributed by atoms with Gasteiger partial charge in [0.05, 0.1) is 6.04 Å². The number of benzene rings is 2. The highest BCUT2D eigenvalue weighted by atomic mass is 16.2. The average molecular weight is 364 g/mol. The Morgan fingerprint density at radius 1 is 1.19 bits per heavy atom. The van der Waals surface area contributed by atoms with E-state index in [2.05, 4.69) is 40.0 Å². The predicted molar refractivity (Wildman–Crippen MR) is 104 cm³/mol. The third kappa shape index (κ3) is 3.95. The topological polar surface area (TPSA) is 73.5 Å². The van der Waals surface area contributed by atoms with Gasteiger partial charge >= 0.3 is 6.03 Å². The fraction of sp³-hybridized carbons (Fsp3) is 0.333. The van der Waals surface area contributed by atoms with Crippen molar-refractivity contribution in [1.82, 2.24) is 15.5 Å². The highest BCUT2D eigenvalue weighted by Gasteiger charge is 2.25. The predicted octanol–water partition coefficient (Wildman–Crippen LogP) is 2.60. The maximum absolute atomic E-state index is 12.6. The van der Waals surface area contributed by atoms with Crippen molar-refractivity contribution in [1.29, 1.82) is 0 Å². The molecule has 4 rings (SSSR count). The number of hydrogen-bond donors (Lipinski definition) is 3. The highest BCUT2D eigenvalue weighted by Crippen LogP contribution is 2.27. The zero-order valence-electron chi connectivity index (χ0n) is 15.4. The molecule has 3 amide bonds. The molecular weight excluding hydrogens is 340 g/mol. The van der Waals surface area contributed by atoms with Crippen molar-refractivity contribution in [2.24, 2.45) is 0 Å². The largest absolute Gasteiger partial charge is 0.355 e. The zero-order chi connectivity index (χ0) is 18.8. The van der Waals surface area contributed by atoms with Crippen LogP contribution in [0, 0.1) is 0 Å². The molecule has 1 saturated heterocycles. The minimum Gasteiger partial charge on any atom is -0.355 e. The molecule has 0 saturated carbocycles. The molecule has 2 heterocycles. The van der Waals surface area contributed by atoms with Crippen LogP contribution in [0.4, 0.5) is 10.5 Å². The molecule has 2 aliphatic rings. The smallest absolute Gasteiger partial charge is 0.319 e. The van der Waals surface area contributed by atoms with Crippen LogP contribution in [0.1, 0.15) is 35.1 Å². The van der Waals surface area contributed by atoms with Gasteiger partial charge in [-0.2, -0.15) is 0 Å². The summed E-state index contributed by atoms with van der Waals surface area (Å²) in [7, 11) is 2.06. The van der Waals surface area contributed by atoms with E-state index in [1.165, 1.54) is 11.1 Å². The lowest BCUT2D eigenvalue weighted by atomic mass is 9.96. The highest BCUT2D eigenvalue weighted by molar-refractivity contribution is 5.89. The molecule has 0 aliphatic carbocycles. The summed E-state index contributed by atoms with van der Waals surface area (Å²) in [6.45, 7) is 2.33. The molecule has 27 heavy (non-hydrogen) atoms. The Kier molecular flexibility index (Phi) is 4.81. The number of urea groups is 1. The van der Waals surface area contributed by atoms with Crippen LogP contribution in [-0.4, -0.2) is 37.0 Å². The molecule has 0 aromatic heterocycles. The van der Waals surface area contributed by atoms with Crippen LogP contribution >= 0.6 is 0 Å². The van der Waals surface area contributed by atoms with E-state index >= 15 is 0 Å². The van der Waals surface area contributed by atoms with Crippen LogP contribution in [-0.2, 0) is 11.3 Å². The Hall–Kier alpha value is -2.86. The van der Waals surface area contributed by atoms with Gasteiger partial charge in [-0.25, -0.2) is 4.79 Å². The number of anilines is 1. The van der Waals surface area contributed by atoms with Crippen LogP contribution in [0.3, 0.4) is 0 Å². The first-order valence-corrected chi connectivity index (χ1v) is 9.29. The van der Waals surface area contributed by atoms with Crippen molar-refractivity contribution >= 4 is 17.6 Å². The number of nitrogens with zero attached hydrogens (tertiary/aromatic N) is 1. The first-order valence-electron chi connectivity index (χ1n) is 9.29. The lowest BCUT2D eigenvalue weighted by Crippen LogP contribution is -2.41. The Labute approximate surface area is 158 Å². The molecule has 2 aromatic carbocycles. The molecule has 2 unspecified atom stereocenters. The molecule has 140 valence electrons. The summed E-state index contributed by atoms with van der Waals surface area (Å²) < 4.78 is 0. The Balaban J connectivity index is 1.44. The molecule has 6 heteroatoms. The number of rotatable bonds is 3. The van der Waals surface area contributed by atoms with Gasteiger partial charge in [-0.3, -0.25) is 9.69 Å². The standard InChI is InChI=1S/C21H24N4O2/c1-25-12-15-5-2-3-8-18(15)19(13-25)24-21(27)23-17-7-4-6-14(9-17)16-10-20(26)22-11-16/h2-9,16,19H,10-13H2,1H3,(H,22,26)(H2,23,24,27). The Morgan fingerprint density at radius 2 is 2.04 bits per heavy atom. The van der Waals surface area contributed by atoms with E-state index in [0.717, 1.165) is 24.3 Å².